The number of rotatable bonds is 2. The van der Waals surface area contributed by atoms with Gasteiger partial charge >= 0.3 is 0 Å². The summed E-state index contributed by atoms with van der Waals surface area (Å²) in [5, 5.41) is 2.96. The molecule has 0 fully saturated rings. The predicted molar refractivity (Wildman–Crippen MR) is 48.0 cm³/mol. The smallest absolute Gasteiger partial charge is 0.276 e. The lowest BCUT2D eigenvalue weighted by Crippen LogP contribution is -2.19. The fraction of sp³-hybridized carbons (Fsp3) is 0.429. The summed E-state index contributed by atoms with van der Waals surface area (Å²) in [5.74, 6) is 0.439. The van der Waals surface area contributed by atoms with Gasteiger partial charge in [0.15, 0.2) is 5.82 Å². The molecule has 0 saturated carbocycles. The van der Waals surface area contributed by atoms with Crippen molar-refractivity contribution >= 4 is 11.5 Å². The fourth-order valence-corrected chi connectivity index (χ4v) is 0.799. The molecule has 0 aromatic carbocycles. The molecule has 0 saturated heterocycles. The first-order chi connectivity index (χ1) is 5.61. The number of hydrogen-bond donors (Lipinski definition) is 3. The summed E-state index contributed by atoms with van der Waals surface area (Å²) in [4.78, 5) is 17.2. The van der Waals surface area contributed by atoms with Crippen LogP contribution in [0.15, 0.2) is 11.1 Å². The first kappa shape index (κ1) is 8.58. The quantitative estimate of drug-likeness (QED) is 0.587. The van der Waals surface area contributed by atoms with Gasteiger partial charge in [0.1, 0.15) is 5.69 Å². The van der Waals surface area contributed by atoms with E-state index in [1.54, 1.807) is 0 Å². The molecular formula is C7H12N4O. The van der Waals surface area contributed by atoms with Gasteiger partial charge < -0.3 is 16.0 Å². The van der Waals surface area contributed by atoms with Crippen LogP contribution in [-0.4, -0.2) is 16.0 Å². The highest BCUT2D eigenvalue weighted by atomic mass is 16.1. The molecule has 66 valence electrons. The van der Waals surface area contributed by atoms with Crippen LogP contribution < -0.4 is 16.6 Å². The molecule has 0 amide bonds. The molecular weight excluding hydrogens is 156 g/mol. The molecule has 0 bridgehead atoms. The molecule has 12 heavy (non-hydrogen) atoms. The zero-order valence-corrected chi connectivity index (χ0v) is 7.09. The van der Waals surface area contributed by atoms with Crippen LogP contribution in [-0.2, 0) is 0 Å². The van der Waals surface area contributed by atoms with E-state index in [4.69, 9.17) is 5.73 Å². The molecule has 0 aliphatic heterocycles. The first-order valence-electron chi connectivity index (χ1n) is 3.71. The average Bonchev–Trinajstić information content (AvgIpc) is 1.98. The third-order valence-corrected chi connectivity index (χ3v) is 1.31. The van der Waals surface area contributed by atoms with Gasteiger partial charge in [-0.2, -0.15) is 0 Å². The number of nitrogen functional groups attached to an aromatic ring is 1. The van der Waals surface area contributed by atoms with Crippen LogP contribution in [0.4, 0.5) is 11.5 Å². The normalized spacial score (nSPS) is 10.2. The van der Waals surface area contributed by atoms with Crippen LogP contribution in [0, 0.1) is 0 Å². The number of nitrogens with zero attached hydrogens (tertiary/aromatic N) is 1. The van der Waals surface area contributed by atoms with Crippen LogP contribution in [0.1, 0.15) is 13.8 Å². The minimum atomic E-state index is -0.312. The summed E-state index contributed by atoms with van der Waals surface area (Å²) >= 11 is 0. The fourth-order valence-electron chi connectivity index (χ4n) is 0.799. The third-order valence-electron chi connectivity index (χ3n) is 1.31. The van der Waals surface area contributed by atoms with Gasteiger partial charge in [0.05, 0.1) is 6.33 Å². The van der Waals surface area contributed by atoms with Crippen molar-refractivity contribution in [1.29, 1.82) is 0 Å². The van der Waals surface area contributed by atoms with Crippen LogP contribution >= 0.6 is 0 Å². The van der Waals surface area contributed by atoms with Crippen LogP contribution in [0.3, 0.4) is 0 Å². The van der Waals surface area contributed by atoms with E-state index in [-0.39, 0.29) is 17.3 Å². The minimum Gasteiger partial charge on any atom is -0.391 e. The number of nitrogens with one attached hydrogen (secondary N) is 2. The van der Waals surface area contributed by atoms with Crippen molar-refractivity contribution in [3.63, 3.8) is 0 Å². The number of aromatic amines is 1. The third kappa shape index (κ3) is 1.75. The second-order valence-corrected chi connectivity index (χ2v) is 2.79. The molecule has 0 unspecified atom stereocenters. The number of H-pyrrole nitrogens is 1. The maximum Gasteiger partial charge on any atom is 0.276 e. The Hall–Kier alpha value is -1.52. The Morgan fingerprint density at radius 2 is 2.33 bits per heavy atom. The van der Waals surface area contributed by atoms with E-state index in [0.717, 1.165) is 0 Å². The topological polar surface area (TPSA) is 83.8 Å². The molecule has 4 N–H and O–H groups in total. The molecule has 1 rings (SSSR count). The molecule has 1 aromatic rings. The lowest BCUT2D eigenvalue weighted by Gasteiger charge is -2.09. The van der Waals surface area contributed by atoms with E-state index in [1.165, 1.54) is 6.33 Å². The Balaban J connectivity index is 3.00. The van der Waals surface area contributed by atoms with Gasteiger partial charge in [-0.3, -0.25) is 4.79 Å². The summed E-state index contributed by atoms with van der Waals surface area (Å²) < 4.78 is 0. The van der Waals surface area contributed by atoms with Crippen molar-refractivity contribution in [2.24, 2.45) is 0 Å². The van der Waals surface area contributed by atoms with Crippen LogP contribution in [0.5, 0.6) is 0 Å². The molecule has 5 nitrogen and oxygen atoms in total. The van der Waals surface area contributed by atoms with Gasteiger partial charge in [-0.15, -0.1) is 0 Å². The lowest BCUT2D eigenvalue weighted by atomic mass is 10.4. The summed E-state index contributed by atoms with van der Waals surface area (Å²) in [6.07, 6.45) is 1.32. The maximum absolute atomic E-state index is 11.0. The van der Waals surface area contributed by atoms with Gasteiger partial charge in [0.25, 0.3) is 5.56 Å². The monoisotopic (exact) mass is 168 g/mol. The van der Waals surface area contributed by atoms with E-state index in [9.17, 15) is 4.79 Å². The highest BCUT2D eigenvalue weighted by Crippen LogP contribution is 2.07. The Morgan fingerprint density at radius 1 is 1.67 bits per heavy atom. The van der Waals surface area contributed by atoms with Crippen molar-refractivity contribution in [3.8, 4) is 0 Å². The second kappa shape index (κ2) is 3.25. The van der Waals surface area contributed by atoms with Crippen LogP contribution in [0.25, 0.3) is 0 Å². The SMILES string of the molecule is CC(C)Nc1nc[nH]c(=O)c1N. The summed E-state index contributed by atoms with van der Waals surface area (Å²) in [6, 6.07) is 0.210. The lowest BCUT2D eigenvalue weighted by molar-refractivity contribution is 0.885. The van der Waals surface area contributed by atoms with Crippen molar-refractivity contribution < 1.29 is 0 Å². The largest absolute Gasteiger partial charge is 0.391 e. The number of nitrogens with two attached hydrogens (primary N) is 1. The molecule has 0 aliphatic rings. The van der Waals surface area contributed by atoms with E-state index >= 15 is 0 Å². The van der Waals surface area contributed by atoms with Gasteiger partial charge in [-0.05, 0) is 13.8 Å². The molecule has 0 spiro atoms. The number of aromatic nitrogens is 2. The minimum absolute atomic E-state index is 0.131. The predicted octanol–water partition coefficient (Wildman–Crippen LogP) is 0.172. The number of hydrogen-bond acceptors (Lipinski definition) is 4. The molecule has 0 radical (unpaired) electrons. The van der Waals surface area contributed by atoms with Gasteiger partial charge in [-0.25, -0.2) is 4.98 Å². The Bertz CT molecular complexity index is 317. The van der Waals surface area contributed by atoms with E-state index in [0.29, 0.717) is 5.82 Å². The van der Waals surface area contributed by atoms with Crippen LogP contribution in [0.2, 0.25) is 0 Å². The molecule has 5 heteroatoms. The highest BCUT2D eigenvalue weighted by Gasteiger charge is 2.03. The molecule has 0 atom stereocenters. The molecule has 1 heterocycles. The standard InChI is InChI=1S/C7H12N4O/c1-4(2)11-6-5(8)7(12)10-3-9-6/h3-4H,8H2,1-2H3,(H2,9,10,11,12). The molecule has 1 aromatic heterocycles. The zero-order valence-electron chi connectivity index (χ0n) is 7.09. The Morgan fingerprint density at radius 3 is 2.92 bits per heavy atom. The molecule has 0 aliphatic carbocycles. The van der Waals surface area contributed by atoms with Crippen molar-refractivity contribution in [3.05, 3.63) is 16.7 Å². The van der Waals surface area contributed by atoms with E-state index < -0.39 is 0 Å². The van der Waals surface area contributed by atoms with Gasteiger partial charge in [-0.1, -0.05) is 0 Å². The Labute approximate surface area is 70.0 Å². The summed E-state index contributed by atoms with van der Waals surface area (Å²) in [6.45, 7) is 3.89. The summed E-state index contributed by atoms with van der Waals surface area (Å²) in [5.41, 5.74) is 5.28. The highest BCUT2D eigenvalue weighted by molar-refractivity contribution is 5.59. The Kier molecular flexibility index (Phi) is 2.32. The zero-order chi connectivity index (χ0) is 9.14. The van der Waals surface area contributed by atoms with Crippen molar-refractivity contribution in [2.45, 2.75) is 19.9 Å². The van der Waals surface area contributed by atoms with Crippen molar-refractivity contribution in [1.82, 2.24) is 9.97 Å². The second-order valence-electron chi connectivity index (χ2n) is 2.79. The van der Waals surface area contributed by atoms with Crippen molar-refractivity contribution in [2.75, 3.05) is 11.1 Å². The summed E-state index contributed by atoms with van der Waals surface area (Å²) in [7, 11) is 0. The number of anilines is 2. The maximum atomic E-state index is 11.0. The average molecular weight is 168 g/mol. The van der Waals surface area contributed by atoms with Gasteiger partial charge in [0.2, 0.25) is 0 Å². The van der Waals surface area contributed by atoms with Gasteiger partial charge in [0, 0.05) is 6.04 Å². The van der Waals surface area contributed by atoms with E-state index in [1.807, 2.05) is 13.8 Å². The first-order valence-corrected chi connectivity index (χ1v) is 3.71. The van der Waals surface area contributed by atoms with E-state index in [2.05, 4.69) is 15.3 Å².